The Morgan fingerprint density at radius 3 is 1.27 bits per heavy atom. The van der Waals surface area contributed by atoms with Crippen LogP contribution in [0.1, 0.15) is 149 Å². The Bertz CT molecular complexity index is 379. The minimum absolute atomic E-state index is 0.644. The van der Waals surface area contributed by atoms with Crippen LogP contribution in [0.15, 0.2) is 12.4 Å². The lowest BCUT2D eigenvalue weighted by Crippen LogP contribution is -2.39. The third-order valence-electron chi connectivity index (χ3n) is 6.82. The highest BCUT2D eigenvalue weighted by molar-refractivity contribution is 4.96. The fourth-order valence-corrected chi connectivity index (χ4v) is 4.75. The van der Waals surface area contributed by atoms with Gasteiger partial charge in [0.2, 0.25) is 0 Å². The Hall–Kier alpha value is -0.660. The van der Waals surface area contributed by atoms with Gasteiger partial charge in [-0.1, -0.05) is 124 Å². The van der Waals surface area contributed by atoms with Gasteiger partial charge < -0.3 is 9.80 Å². The van der Waals surface area contributed by atoms with Gasteiger partial charge in [-0.05, 0) is 25.7 Å². The predicted molar refractivity (Wildman–Crippen MR) is 136 cm³/mol. The number of nitrogens with zero attached hydrogens (tertiary/aromatic N) is 2. The number of hydrogen-bond donors (Lipinski definition) is 0. The van der Waals surface area contributed by atoms with Crippen molar-refractivity contribution in [2.75, 3.05) is 13.1 Å². The van der Waals surface area contributed by atoms with Crippen LogP contribution in [0.3, 0.4) is 0 Å². The molecule has 178 valence electrons. The maximum atomic E-state index is 2.66. The van der Waals surface area contributed by atoms with Crippen LogP contribution in [-0.4, -0.2) is 29.1 Å². The zero-order valence-corrected chi connectivity index (χ0v) is 21.2. The van der Waals surface area contributed by atoms with Crippen molar-refractivity contribution in [1.29, 1.82) is 0 Å². The fraction of sp³-hybridized carbons (Fsp3) is 0.929. The topological polar surface area (TPSA) is 6.48 Å². The van der Waals surface area contributed by atoms with Gasteiger partial charge in [0.1, 0.15) is 6.17 Å². The smallest absolute Gasteiger partial charge is 0.101 e. The van der Waals surface area contributed by atoms with Crippen LogP contribution in [0.2, 0.25) is 0 Å². The summed E-state index contributed by atoms with van der Waals surface area (Å²) in [5.41, 5.74) is 0. The van der Waals surface area contributed by atoms with E-state index in [1.807, 2.05) is 0 Å². The first kappa shape index (κ1) is 27.4. The second kappa shape index (κ2) is 20.3. The second-order valence-electron chi connectivity index (χ2n) is 9.70. The summed E-state index contributed by atoms with van der Waals surface area (Å²) < 4.78 is 0. The largest absolute Gasteiger partial charge is 0.356 e. The molecule has 0 aromatic carbocycles. The number of unbranched alkanes of at least 4 members (excludes halogenated alkanes) is 16. The van der Waals surface area contributed by atoms with Crippen molar-refractivity contribution >= 4 is 0 Å². The van der Waals surface area contributed by atoms with Crippen LogP contribution in [-0.2, 0) is 0 Å². The van der Waals surface area contributed by atoms with Gasteiger partial charge in [-0.2, -0.15) is 0 Å². The summed E-state index contributed by atoms with van der Waals surface area (Å²) in [5.74, 6) is 0. The van der Waals surface area contributed by atoms with E-state index in [-0.39, 0.29) is 0 Å². The highest BCUT2D eigenvalue weighted by Crippen LogP contribution is 2.23. The summed E-state index contributed by atoms with van der Waals surface area (Å²) in [6.07, 6.45) is 33.6. The maximum Gasteiger partial charge on any atom is 0.101 e. The zero-order valence-electron chi connectivity index (χ0n) is 21.2. The van der Waals surface area contributed by atoms with E-state index in [9.17, 15) is 0 Å². The van der Waals surface area contributed by atoms with Crippen LogP contribution in [0.4, 0.5) is 0 Å². The SMILES string of the molecule is CCCCCCCCCCCCC1N(CCCC)C=CN1CCCCCCCCC. The third-order valence-corrected chi connectivity index (χ3v) is 6.82. The summed E-state index contributed by atoms with van der Waals surface area (Å²) in [6, 6.07) is 0. The average molecular weight is 421 g/mol. The average Bonchev–Trinajstić information content (AvgIpc) is 3.14. The Balaban J connectivity index is 2.17. The molecule has 0 radical (unpaired) electrons. The van der Waals surface area contributed by atoms with E-state index >= 15 is 0 Å². The van der Waals surface area contributed by atoms with Crippen LogP contribution < -0.4 is 0 Å². The molecule has 0 fully saturated rings. The quantitative estimate of drug-likeness (QED) is 0.161. The van der Waals surface area contributed by atoms with Crippen LogP contribution >= 0.6 is 0 Å². The molecule has 0 saturated heterocycles. The Morgan fingerprint density at radius 2 is 0.800 bits per heavy atom. The normalized spacial score (nSPS) is 16.2. The van der Waals surface area contributed by atoms with E-state index in [2.05, 4.69) is 43.0 Å². The first-order valence-corrected chi connectivity index (χ1v) is 14.0. The third kappa shape index (κ3) is 13.6. The highest BCUT2D eigenvalue weighted by atomic mass is 15.4. The molecule has 30 heavy (non-hydrogen) atoms. The molecule has 0 aromatic heterocycles. The molecule has 0 spiro atoms. The van der Waals surface area contributed by atoms with Gasteiger partial charge >= 0.3 is 0 Å². The molecule has 1 rings (SSSR count). The predicted octanol–water partition coefficient (Wildman–Crippen LogP) is 9.26. The standard InChI is InChI=1S/C28H56N2/c1-4-7-10-12-14-15-16-17-19-21-23-28-29(24-9-6-3)26-27-30(28)25-22-20-18-13-11-8-5-2/h26-28H,4-25H2,1-3H3. The van der Waals surface area contributed by atoms with Gasteiger partial charge in [0, 0.05) is 25.5 Å². The monoisotopic (exact) mass is 420 g/mol. The van der Waals surface area contributed by atoms with Gasteiger partial charge in [0.15, 0.2) is 0 Å². The van der Waals surface area contributed by atoms with E-state index < -0.39 is 0 Å². The molecule has 1 heterocycles. The summed E-state index contributed by atoms with van der Waals surface area (Å²) in [7, 11) is 0. The van der Waals surface area contributed by atoms with Crippen molar-refractivity contribution in [3.63, 3.8) is 0 Å². The van der Waals surface area contributed by atoms with Crippen LogP contribution in [0.25, 0.3) is 0 Å². The summed E-state index contributed by atoms with van der Waals surface area (Å²) in [5, 5.41) is 0. The van der Waals surface area contributed by atoms with Crippen molar-refractivity contribution < 1.29 is 0 Å². The Kier molecular flexibility index (Phi) is 18.5. The maximum absolute atomic E-state index is 2.66. The summed E-state index contributed by atoms with van der Waals surface area (Å²) >= 11 is 0. The molecule has 1 atom stereocenters. The Morgan fingerprint density at radius 1 is 0.433 bits per heavy atom. The number of rotatable bonds is 22. The fourth-order valence-electron chi connectivity index (χ4n) is 4.75. The van der Waals surface area contributed by atoms with Gasteiger partial charge in [-0.3, -0.25) is 0 Å². The molecule has 0 aliphatic carbocycles. The van der Waals surface area contributed by atoms with E-state index in [0.717, 1.165) is 0 Å². The minimum Gasteiger partial charge on any atom is -0.356 e. The lowest BCUT2D eigenvalue weighted by Gasteiger charge is -2.33. The molecular formula is C28H56N2. The summed E-state index contributed by atoms with van der Waals surface area (Å²) in [6.45, 7) is 9.42. The molecule has 2 nitrogen and oxygen atoms in total. The Labute approximate surface area is 190 Å². The van der Waals surface area contributed by atoms with Gasteiger partial charge in [-0.15, -0.1) is 0 Å². The molecule has 0 saturated carbocycles. The molecule has 1 aliphatic heterocycles. The van der Waals surface area contributed by atoms with Crippen molar-refractivity contribution in [3.8, 4) is 0 Å². The highest BCUT2D eigenvalue weighted by Gasteiger charge is 2.24. The molecule has 0 N–H and O–H groups in total. The molecule has 0 amide bonds. The van der Waals surface area contributed by atoms with Crippen molar-refractivity contribution in [3.05, 3.63) is 12.4 Å². The van der Waals surface area contributed by atoms with Crippen LogP contribution in [0.5, 0.6) is 0 Å². The summed E-state index contributed by atoms with van der Waals surface area (Å²) in [4.78, 5) is 5.30. The van der Waals surface area contributed by atoms with E-state index in [1.165, 1.54) is 142 Å². The lowest BCUT2D eigenvalue weighted by atomic mass is 10.0. The molecule has 1 aliphatic rings. The van der Waals surface area contributed by atoms with Crippen LogP contribution in [0, 0.1) is 0 Å². The minimum atomic E-state index is 0.644. The lowest BCUT2D eigenvalue weighted by molar-refractivity contribution is 0.136. The molecule has 1 unspecified atom stereocenters. The molecular weight excluding hydrogens is 364 g/mol. The second-order valence-corrected chi connectivity index (χ2v) is 9.70. The van der Waals surface area contributed by atoms with Gasteiger partial charge in [0.05, 0.1) is 0 Å². The van der Waals surface area contributed by atoms with E-state index in [1.54, 1.807) is 0 Å². The zero-order chi connectivity index (χ0) is 21.7. The first-order chi connectivity index (χ1) is 14.8. The molecule has 2 heteroatoms. The van der Waals surface area contributed by atoms with Crippen molar-refractivity contribution in [2.24, 2.45) is 0 Å². The van der Waals surface area contributed by atoms with E-state index in [0.29, 0.717) is 6.17 Å². The molecule has 0 bridgehead atoms. The van der Waals surface area contributed by atoms with Crippen molar-refractivity contribution in [1.82, 2.24) is 9.80 Å². The van der Waals surface area contributed by atoms with Gasteiger partial charge in [0.25, 0.3) is 0 Å². The van der Waals surface area contributed by atoms with Gasteiger partial charge in [-0.25, -0.2) is 0 Å². The van der Waals surface area contributed by atoms with E-state index in [4.69, 9.17) is 0 Å². The van der Waals surface area contributed by atoms with Crippen molar-refractivity contribution in [2.45, 2.75) is 155 Å². The number of hydrogen-bond acceptors (Lipinski definition) is 2. The molecule has 0 aromatic rings. The first-order valence-electron chi connectivity index (χ1n) is 14.0.